The maximum Gasteiger partial charge on any atom is 0.0717 e. The van der Waals surface area contributed by atoms with Gasteiger partial charge in [-0.15, -0.1) is 0 Å². The molecule has 0 N–H and O–H groups in total. The number of benzene rings is 1. The van der Waals surface area contributed by atoms with Gasteiger partial charge in [0.05, 0.1) is 12.7 Å². The van der Waals surface area contributed by atoms with E-state index in [0.29, 0.717) is 18.9 Å². The van der Waals surface area contributed by atoms with Gasteiger partial charge in [-0.3, -0.25) is 0 Å². The van der Waals surface area contributed by atoms with E-state index in [1.54, 1.807) is 0 Å². The summed E-state index contributed by atoms with van der Waals surface area (Å²) in [7, 11) is 0. The van der Waals surface area contributed by atoms with Crippen molar-refractivity contribution >= 4 is 0 Å². The summed E-state index contributed by atoms with van der Waals surface area (Å²) in [4.78, 5) is 0. The van der Waals surface area contributed by atoms with Crippen molar-refractivity contribution in [3.8, 4) is 6.07 Å². The number of unbranched alkanes of at least 4 members (excludes halogenated alkanes) is 1. The summed E-state index contributed by atoms with van der Waals surface area (Å²) < 4.78 is 5.63. The van der Waals surface area contributed by atoms with Crippen LogP contribution in [0.2, 0.25) is 0 Å². The van der Waals surface area contributed by atoms with Gasteiger partial charge in [-0.1, -0.05) is 37.3 Å². The Morgan fingerprint density at radius 3 is 2.75 bits per heavy atom. The Balaban J connectivity index is 2.09. The zero-order chi connectivity index (χ0) is 11.6. The van der Waals surface area contributed by atoms with E-state index in [2.05, 4.69) is 25.1 Å². The highest BCUT2D eigenvalue weighted by Gasteiger charge is 2.02. The van der Waals surface area contributed by atoms with E-state index in [4.69, 9.17) is 10.00 Å². The molecule has 0 spiro atoms. The topological polar surface area (TPSA) is 33.0 Å². The van der Waals surface area contributed by atoms with Crippen LogP contribution < -0.4 is 0 Å². The fourth-order valence-electron chi connectivity index (χ4n) is 1.57. The quantitative estimate of drug-likeness (QED) is 0.654. The molecule has 1 rings (SSSR count). The van der Waals surface area contributed by atoms with E-state index in [-0.39, 0.29) is 0 Å². The standard InChI is InChI=1S/C14H19NO/c1-13(7-5-6-10-15)11-16-12-14-8-3-2-4-9-14/h2-4,8-9,13H,5-7,11-12H2,1H3. The van der Waals surface area contributed by atoms with E-state index in [1.807, 2.05) is 18.2 Å². The molecule has 0 aliphatic heterocycles. The van der Waals surface area contributed by atoms with Crippen molar-refractivity contribution in [2.24, 2.45) is 5.92 Å². The van der Waals surface area contributed by atoms with Crippen LogP contribution in [-0.2, 0) is 11.3 Å². The average Bonchev–Trinajstić information content (AvgIpc) is 2.31. The Labute approximate surface area is 97.9 Å². The summed E-state index contributed by atoms with van der Waals surface area (Å²) in [5.41, 5.74) is 1.21. The Kier molecular flexibility index (Phi) is 6.29. The lowest BCUT2D eigenvalue weighted by Gasteiger charge is -2.10. The normalized spacial score (nSPS) is 12.0. The van der Waals surface area contributed by atoms with Crippen LogP contribution in [0.4, 0.5) is 0 Å². The monoisotopic (exact) mass is 217 g/mol. The van der Waals surface area contributed by atoms with E-state index >= 15 is 0 Å². The second-order valence-electron chi connectivity index (χ2n) is 4.16. The summed E-state index contributed by atoms with van der Waals surface area (Å²) >= 11 is 0. The zero-order valence-electron chi connectivity index (χ0n) is 9.86. The van der Waals surface area contributed by atoms with E-state index in [1.165, 1.54) is 5.56 Å². The molecule has 1 unspecified atom stereocenters. The molecule has 1 aromatic carbocycles. The van der Waals surface area contributed by atoms with Crippen LogP contribution in [0, 0.1) is 17.2 Å². The van der Waals surface area contributed by atoms with Crippen molar-refractivity contribution in [2.45, 2.75) is 32.8 Å². The van der Waals surface area contributed by atoms with Gasteiger partial charge in [0.25, 0.3) is 0 Å². The van der Waals surface area contributed by atoms with Gasteiger partial charge < -0.3 is 4.74 Å². The maximum absolute atomic E-state index is 8.42. The van der Waals surface area contributed by atoms with Gasteiger partial charge in [-0.25, -0.2) is 0 Å². The number of nitrogens with zero attached hydrogens (tertiary/aromatic N) is 1. The lowest BCUT2D eigenvalue weighted by Crippen LogP contribution is -2.05. The SMILES string of the molecule is CC(CCCC#N)COCc1ccccc1. The smallest absolute Gasteiger partial charge is 0.0717 e. The van der Waals surface area contributed by atoms with E-state index < -0.39 is 0 Å². The lowest BCUT2D eigenvalue weighted by molar-refractivity contribution is 0.0890. The van der Waals surface area contributed by atoms with Crippen molar-refractivity contribution < 1.29 is 4.74 Å². The number of rotatable bonds is 7. The molecule has 2 heteroatoms. The molecule has 1 aromatic rings. The van der Waals surface area contributed by atoms with Crippen LogP contribution in [0.1, 0.15) is 31.7 Å². The van der Waals surface area contributed by atoms with Crippen molar-refractivity contribution in [2.75, 3.05) is 6.61 Å². The van der Waals surface area contributed by atoms with Crippen LogP contribution in [-0.4, -0.2) is 6.61 Å². The minimum absolute atomic E-state index is 0.539. The lowest BCUT2D eigenvalue weighted by atomic mass is 10.1. The zero-order valence-corrected chi connectivity index (χ0v) is 9.86. The van der Waals surface area contributed by atoms with Gasteiger partial charge in [-0.05, 0) is 24.3 Å². The highest BCUT2D eigenvalue weighted by molar-refractivity contribution is 5.13. The predicted molar refractivity (Wildman–Crippen MR) is 64.7 cm³/mol. The molecule has 0 aliphatic rings. The first-order valence-corrected chi connectivity index (χ1v) is 5.81. The molecule has 0 aliphatic carbocycles. The molecule has 0 bridgehead atoms. The molecule has 0 aromatic heterocycles. The highest BCUT2D eigenvalue weighted by atomic mass is 16.5. The summed E-state index contributed by atoms with van der Waals surface area (Å²) in [6.45, 7) is 3.63. The molecular formula is C14H19NO. The minimum atomic E-state index is 0.539. The van der Waals surface area contributed by atoms with Crippen LogP contribution >= 0.6 is 0 Å². The third-order valence-corrected chi connectivity index (χ3v) is 2.50. The second kappa shape index (κ2) is 7.90. The number of hydrogen-bond acceptors (Lipinski definition) is 2. The molecule has 16 heavy (non-hydrogen) atoms. The Hall–Kier alpha value is -1.33. The summed E-state index contributed by atoms with van der Waals surface area (Å²) in [5, 5.41) is 8.42. The number of hydrogen-bond donors (Lipinski definition) is 0. The summed E-state index contributed by atoms with van der Waals surface area (Å²) in [6.07, 6.45) is 2.71. The second-order valence-corrected chi connectivity index (χ2v) is 4.16. The fourth-order valence-corrected chi connectivity index (χ4v) is 1.57. The van der Waals surface area contributed by atoms with Gasteiger partial charge >= 0.3 is 0 Å². The van der Waals surface area contributed by atoms with E-state index in [0.717, 1.165) is 19.4 Å². The molecule has 2 nitrogen and oxygen atoms in total. The predicted octanol–water partition coefficient (Wildman–Crippen LogP) is 3.53. The molecule has 1 atom stereocenters. The molecule has 0 amide bonds. The molecular weight excluding hydrogens is 198 g/mol. The van der Waals surface area contributed by atoms with Gasteiger partial charge in [0.2, 0.25) is 0 Å². The fraction of sp³-hybridized carbons (Fsp3) is 0.500. The molecule has 86 valence electrons. The molecule has 0 fully saturated rings. The van der Waals surface area contributed by atoms with Gasteiger partial charge in [-0.2, -0.15) is 5.26 Å². The van der Waals surface area contributed by atoms with Crippen LogP contribution in [0.3, 0.4) is 0 Å². The van der Waals surface area contributed by atoms with Crippen LogP contribution in [0.5, 0.6) is 0 Å². The molecule has 0 heterocycles. The van der Waals surface area contributed by atoms with Gasteiger partial charge in [0, 0.05) is 13.0 Å². The first-order chi connectivity index (χ1) is 7.83. The van der Waals surface area contributed by atoms with E-state index in [9.17, 15) is 0 Å². The van der Waals surface area contributed by atoms with Crippen molar-refractivity contribution in [3.05, 3.63) is 35.9 Å². The number of ether oxygens (including phenoxy) is 1. The Bertz CT molecular complexity index is 315. The van der Waals surface area contributed by atoms with Crippen molar-refractivity contribution in [1.82, 2.24) is 0 Å². The van der Waals surface area contributed by atoms with Gasteiger partial charge in [0.1, 0.15) is 0 Å². The molecule has 0 saturated heterocycles. The van der Waals surface area contributed by atoms with Crippen LogP contribution in [0.25, 0.3) is 0 Å². The first-order valence-electron chi connectivity index (χ1n) is 5.81. The molecule has 0 saturated carbocycles. The largest absolute Gasteiger partial charge is 0.376 e. The number of nitriles is 1. The Morgan fingerprint density at radius 2 is 2.06 bits per heavy atom. The maximum atomic E-state index is 8.42. The summed E-state index contributed by atoms with van der Waals surface area (Å²) in [5.74, 6) is 0.539. The average molecular weight is 217 g/mol. The first kappa shape index (κ1) is 12.7. The third kappa shape index (κ3) is 5.53. The summed E-state index contributed by atoms with van der Waals surface area (Å²) in [6, 6.07) is 12.4. The van der Waals surface area contributed by atoms with Crippen molar-refractivity contribution in [1.29, 1.82) is 5.26 Å². The van der Waals surface area contributed by atoms with Gasteiger partial charge in [0.15, 0.2) is 0 Å². The Morgan fingerprint density at radius 1 is 1.31 bits per heavy atom. The third-order valence-electron chi connectivity index (χ3n) is 2.50. The highest BCUT2D eigenvalue weighted by Crippen LogP contribution is 2.09. The minimum Gasteiger partial charge on any atom is -0.376 e. The van der Waals surface area contributed by atoms with Crippen LogP contribution in [0.15, 0.2) is 30.3 Å². The van der Waals surface area contributed by atoms with Crippen molar-refractivity contribution in [3.63, 3.8) is 0 Å². The molecule has 0 radical (unpaired) electrons.